The highest BCUT2D eigenvalue weighted by atomic mass is 35.5. The molecule has 0 amide bonds. The minimum atomic E-state index is 0.519. The summed E-state index contributed by atoms with van der Waals surface area (Å²) in [6, 6.07) is 4.12. The van der Waals surface area contributed by atoms with E-state index in [9.17, 15) is 0 Å². The lowest BCUT2D eigenvalue weighted by Gasteiger charge is -2.14. The molecule has 1 aliphatic rings. The van der Waals surface area contributed by atoms with Crippen LogP contribution in [0.2, 0.25) is 5.02 Å². The van der Waals surface area contributed by atoms with Crippen molar-refractivity contribution in [3.63, 3.8) is 0 Å². The molecule has 1 aromatic rings. The number of ether oxygens (including phenoxy) is 1. The van der Waals surface area contributed by atoms with Gasteiger partial charge in [0.15, 0.2) is 0 Å². The summed E-state index contributed by atoms with van der Waals surface area (Å²) >= 11 is 6.13. The molecule has 1 aliphatic heterocycles. The summed E-state index contributed by atoms with van der Waals surface area (Å²) < 4.78 is 5.23. The van der Waals surface area contributed by atoms with Gasteiger partial charge >= 0.3 is 0 Å². The molecular weight excluding hydrogens is 210 g/mol. The van der Waals surface area contributed by atoms with Crippen LogP contribution in [0.25, 0.3) is 0 Å². The first-order valence-electron chi connectivity index (χ1n) is 5.29. The van der Waals surface area contributed by atoms with E-state index in [4.69, 9.17) is 16.3 Å². The molecule has 2 rings (SSSR count). The van der Waals surface area contributed by atoms with Gasteiger partial charge in [0, 0.05) is 6.54 Å². The van der Waals surface area contributed by atoms with E-state index < -0.39 is 0 Å². The number of fused-ring (bicyclic) bond motifs is 1. The maximum atomic E-state index is 6.13. The topological polar surface area (TPSA) is 21.3 Å². The van der Waals surface area contributed by atoms with Crippen LogP contribution in [0.3, 0.4) is 0 Å². The van der Waals surface area contributed by atoms with Crippen molar-refractivity contribution in [3.05, 3.63) is 28.3 Å². The first kappa shape index (κ1) is 10.8. The lowest BCUT2D eigenvalue weighted by atomic mass is 9.95. The monoisotopic (exact) mass is 225 g/mol. The zero-order valence-electron chi connectivity index (χ0n) is 9.14. The van der Waals surface area contributed by atoms with Gasteiger partial charge in [0.1, 0.15) is 5.75 Å². The van der Waals surface area contributed by atoms with E-state index >= 15 is 0 Å². The maximum absolute atomic E-state index is 6.13. The number of hydrogen-bond donors (Lipinski definition) is 1. The van der Waals surface area contributed by atoms with Gasteiger partial charge < -0.3 is 10.1 Å². The minimum absolute atomic E-state index is 0.519. The quantitative estimate of drug-likeness (QED) is 0.794. The molecule has 0 bridgehead atoms. The van der Waals surface area contributed by atoms with E-state index in [1.807, 2.05) is 6.07 Å². The first-order chi connectivity index (χ1) is 7.22. The lowest BCUT2D eigenvalue weighted by Crippen LogP contribution is -2.18. The molecule has 0 aromatic heterocycles. The van der Waals surface area contributed by atoms with Gasteiger partial charge in [0.2, 0.25) is 0 Å². The molecule has 3 heteroatoms. The minimum Gasteiger partial charge on any atom is -0.495 e. The third-order valence-electron chi connectivity index (χ3n) is 2.97. The predicted octanol–water partition coefficient (Wildman–Crippen LogP) is 2.60. The molecule has 15 heavy (non-hydrogen) atoms. The largest absolute Gasteiger partial charge is 0.495 e. The Morgan fingerprint density at radius 3 is 3.00 bits per heavy atom. The van der Waals surface area contributed by atoms with Crippen LogP contribution in [-0.4, -0.2) is 20.2 Å². The van der Waals surface area contributed by atoms with Crippen LogP contribution >= 0.6 is 11.6 Å². The molecule has 1 atom stereocenters. The molecule has 2 nitrogen and oxygen atoms in total. The van der Waals surface area contributed by atoms with Gasteiger partial charge in [0.05, 0.1) is 12.1 Å². The van der Waals surface area contributed by atoms with Crippen LogP contribution in [0.15, 0.2) is 12.1 Å². The van der Waals surface area contributed by atoms with E-state index in [1.54, 1.807) is 7.11 Å². The fourth-order valence-corrected chi connectivity index (χ4v) is 2.34. The fourth-order valence-electron chi connectivity index (χ4n) is 2.09. The van der Waals surface area contributed by atoms with Crippen molar-refractivity contribution < 1.29 is 4.74 Å². The van der Waals surface area contributed by atoms with Crippen molar-refractivity contribution in [1.29, 1.82) is 0 Å². The number of nitrogens with one attached hydrogen (secondary N) is 1. The Morgan fingerprint density at radius 1 is 1.47 bits per heavy atom. The second-order valence-electron chi connectivity index (χ2n) is 4.04. The zero-order chi connectivity index (χ0) is 10.8. The molecule has 0 radical (unpaired) electrons. The van der Waals surface area contributed by atoms with Gasteiger partial charge in [-0.15, -0.1) is 0 Å². The van der Waals surface area contributed by atoms with Gasteiger partial charge in [-0.2, -0.15) is 0 Å². The maximum Gasteiger partial charge on any atom is 0.137 e. The van der Waals surface area contributed by atoms with E-state index in [0.717, 1.165) is 25.3 Å². The van der Waals surface area contributed by atoms with Gasteiger partial charge in [0.25, 0.3) is 0 Å². The Kier molecular flexibility index (Phi) is 3.17. The summed E-state index contributed by atoms with van der Waals surface area (Å²) in [6.45, 7) is 4.28. The molecule has 0 unspecified atom stereocenters. The Balaban J connectivity index is 2.46. The van der Waals surface area contributed by atoms with Crippen LogP contribution in [0, 0.1) is 0 Å². The van der Waals surface area contributed by atoms with Crippen LogP contribution in [-0.2, 0) is 6.42 Å². The highest BCUT2D eigenvalue weighted by Gasteiger charge is 2.16. The SMILES string of the molecule is COc1cc2c(cc1Cl)[C@@H](C)CNCC2. The molecule has 0 fully saturated rings. The Bertz CT molecular complexity index is 365. The fraction of sp³-hybridized carbons (Fsp3) is 0.500. The van der Waals surface area contributed by atoms with Gasteiger partial charge in [-0.25, -0.2) is 0 Å². The average Bonchev–Trinajstić information content (AvgIpc) is 2.40. The summed E-state index contributed by atoms with van der Waals surface area (Å²) in [6.07, 6.45) is 1.05. The molecule has 1 aromatic carbocycles. The lowest BCUT2D eigenvalue weighted by molar-refractivity contribution is 0.414. The smallest absolute Gasteiger partial charge is 0.137 e. The molecule has 0 spiro atoms. The van der Waals surface area contributed by atoms with Crippen molar-refractivity contribution in [2.75, 3.05) is 20.2 Å². The number of halogens is 1. The standard InChI is InChI=1S/C12H16ClNO/c1-8-7-14-4-3-9-5-12(15-2)11(13)6-10(8)9/h5-6,8,14H,3-4,7H2,1-2H3/t8-/m0/s1. The van der Waals surface area contributed by atoms with Crippen LogP contribution in [0.1, 0.15) is 24.0 Å². The summed E-state index contributed by atoms with van der Waals surface area (Å²) in [5.41, 5.74) is 2.71. The van der Waals surface area contributed by atoms with E-state index in [1.165, 1.54) is 11.1 Å². The number of rotatable bonds is 1. The zero-order valence-corrected chi connectivity index (χ0v) is 9.90. The number of hydrogen-bond acceptors (Lipinski definition) is 2. The predicted molar refractivity (Wildman–Crippen MR) is 63.0 cm³/mol. The van der Waals surface area contributed by atoms with E-state index in [0.29, 0.717) is 10.9 Å². The van der Waals surface area contributed by atoms with Crippen molar-refractivity contribution in [1.82, 2.24) is 5.32 Å². The van der Waals surface area contributed by atoms with E-state index in [-0.39, 0.29) is 0 Å². The second kappa shape index (κ2) is 4.42. The Hall–Kier alpha value is -0.730. The summed E-state index contributed by atoms with van der Waals surface area (Å²) in [4.78, 5) is 0. The molecule has 0 saturated carbocycles. The van der Waals surface area contributed by atoms with Gasteiger partial charge in [-0.05, 0) is 42.1 Å². The molecular formula is C12H16ClNO. The normalized spacial score (nSPS) is 20.6. The molecule has 82 valence electrons. The number of benzene rings is 1. The van der Waals surface area contributed by atoms with Crippen molar-refractivity contribution in [2.24, 2.45) is 0 Å². The second-order valence-corrected chi connectivity index (χ2v) is 4.45. The molecule has 0 saturated heterocycles. The average molecular weight is 226 g/mol. The highest BCUT2D eigenvalue weighted by molar-refractivity contribution is 6.32. The Labute approximate surface area is 95.6 Å². The van der Waals surface area contributed by atoms with E-state index in [2.05, 4.69) is 18.3 Å². The molecule has 1 heterocycles. The van der Waals surface area contributed by atoms with Crippen LogP contribution in [0.5, 0.6) is 5.75 Å². The van der Waals surface area contributed by atoms with Crippen molar-refractivity contribution in [3.8, 4) is 5.75 Å². The Morgan fingerprint density at radius 2 is 2.27 bits per heavy atom. The van der Waals surface area contributed by atoms with Crippen LogP contribution < -0.4 is 10.1 Å². The third kappa shape index (κ3) is 2.11. The first-order valence-corrected chi connectivity index (χ1v) is 5.67. The molecule has 1 N–H and O–H groups in total. The highest BCUT2D eigenvalue weighted by Crippen LogP contribution is 2.32. The van der Waals surface area contributed by atoms with Crippen molar-refractivity contribution >= 4 is 11.6 Å². The van der Waals surface area contributed by atoms with Crippen molar-refractivity contribution in [2.45, 2.75) is 19.3 Å². The number of methoxy groups -OCH3 is 1. The summed E-state index contributed by atoms with van der Waals surface area (Å²) in [7, 11) is 1.66. The van der Waals surface area contributed by atoms with Gasteiger partial charge in [-0.1, -0.05) is 18.5 Å². The summed E-state index contributed by atoms with van der Waals surface area (Å²) in [5, 5.41) is 4.13. The third-order valence-corrected chi connectivity index (χ3v) is 3.26. The van der Waals surface area contributed by atoms with Gasteiger partial charge in [-0.3, -0.25) is 0 Å². The molecule has 0 aliphatic carbocycles. The summed E-state index contributed by atoms with van der Waals surface area (Å²) in [5.74, 6) is 1.30. The van der Waals surface area contributed by atoms with Crippen LogP contribution in [0.4, 0.5) is 0 Å².